The zero-order valence-corrected chi connectivity index (χ0v) is 49.5. The molecule has 1 amide bonds. The van der Waals surface area contributed by atoms with Crippen LogP contribution in [0.15, 0.2) is 36.5 Å². The van der Waals surface area contributed by atoms with Gasteiger partial charge < -0.3 is 28.8 Å². The van der Waals surface area contributed by atoms with Crippen molar-refractivity contribution in [2.24, 2.45) is 0 Å². The predicted octanol–water partition coefficient (Wildman–Crippen LogP) is 18.7. The number of phosphoric ester groups is 1. The van der Waals surface area contributed by atoms with E-state index < -0.39 is 20.0 Å². The van der Waals surface area contributed by atoms with Gasteiger partial charge in [-0.05, 0) is 57.8 Å². The first-order valence-electron chi connectivity index (χ1n) is 31.4. The van der Waals surface area contributed by atoms with Crippen LogP contribution in [-0.4, -0.2) is 68.5 Å². The molecule has 0 aliphatic heterocycles. The SMILES string of the molecule is CCCCCCCCCC/C=C\CCCCCCCCCCCCCCCCCCCCCCCCCC(=O)NC(COP(=O)([O-])OCC[N+](C)(C)C)C(O)/C=C/CC/C=C/CCCCCCCCCCC. The number of phosphoric acid groups is 1. The summed E-state index contributed by atoms with van der Waals surface area (Å²) in [7, 11) is 1.25. The molecule has 0 aliphatic rings. The number of carbonyl (C=O) groups is 1. The summed E-state index contributed by atoms with van der Waals surface area (Å²) in [5.41, 5.74) is 0. The Labute approximate surface area is 448 Å². The summed E-state index contributed by atoms with van der Waals surface area (Å²) in [6.45, 7) is 4.65. The number of aliphatic hydroxyl groups excluding tert-OH is 1. The lowest BCUT2D eigenvalue weighted by atomic mass is 10.0. The molecule has 0 radical (unpaired) electrons. The van der Waals surface area contributed by atoms with Gasteiger partial charge >= 0.3 is 0 Å². The van der Waals surface area contributed by atoms with Crippen molar-refractivity contribution in [1.82, 2.24) is 5.32 Å². The number of hydrogen-bond donors (Lipinski definition) is 2. The quantitative estimate of drug-likeness (QED) is 0.0272. The number of rotatable bonds is 58. The Kier molecular flexibility index (Phi) is 53.5. The molecule has 2 N–H and O–H groups in total. The van der Waals surface area contributed by atoms with Crippen molar-refractivity contribution in [3.05, 3.63) is 36.5 Å². The van der Waals surface area contributed by atoms with Crippen molar-refractivity contribution in [1.29, 1.82) is 0 Å². The lowest BCUT2D eigenvalue weighted by molar-refractivity contribution is -0.870. The third kappa shape index (κ3) is 56.4. The van der Waals surface area contributed by atoms with E-state index in [1.54, 1.807) is 6.08 Å². The maximum atomic E-state index is 13.0. The molecule has 0 aromatic carbocycles. The largest absolute Gasteiger partial charge is 0.756 e. The second kappa shape index (κ2) is 54.5. The third-order valence-electron chi connectivity index (χ3n) is 14.3. The van der Waals surface area contributed by atoms with Crippen molar-refractivity contribution < 1.29 is 32.9 Å². The summed E-state index contributed by atoms with van der Waals surface area (Å²) in [5, 5.41) is 13.9. The van der Waals surface area contributed by atoms with Crippen LogP contribution in [0.3, 0.4) is 0 Å². The average molecular weight is 1040 g/mol. The highest BCUT2D eigenvalue weighted by Crippen LogP contribution is 2.38. The van der Waals surface area contributed by atoms with E-state index in [0.29, 0.717) is 17.4 Å². The Morgan fingerprint density at radius 3 is 1.12 bits per heavy atom. The van der Waals surface area contributed by atoms with E-state index >= 15 is 0 Å². The fraction of sp³-hybridized carbons (Fsp3) is 0.889. The molecule has 8 nitrogen and oxygen atoms in total. The lowest BCUT2D eigenvalue weighted by Crippen LogP contribution is -2.45. The molecule has 0 heterocycles. The van der Waals surface area contributed by atoms with E-state index in [1.165, 1.54) is 250 Å². The highest BCUT2D eigenvalue weighted by Gasteiger charge is 2.23. The fourth-order valence-electron chi connectivity index (χ4n) is 9.40. The molecule has 0 bridgehead atoms. The highest BCUT2D eigenvalue weighted by molar-refractivity contribution is 7.45. The Morgan fingerprint density at radius 1 is 0.472 bits per heavy atom. The Balaban J connectivity index is 3.97. The molecule has 0 aliphatic carbocycles. The van der Waals surface area contributed by atoms with Crippen LogP contribution in [0.2, 0.25) is 0 Å². The number of likely N-dealkylation sites (N-methyl/N-ethyl adjacent to an activating group) is 1. The minimum atomic E-state index is -4.60. The van der Waals surface area contributed by atoms with Gasteiger partial charge in [0.15, 0.2) is 0 Å². The van der Waals surface area contributed by atoms with Crippen LogP contribution in [0.1, 0.15) is 309 Å². The van der Waals surface area contributed by atoms with Gasteiger partial charge in [-0.25, -0.2) is 0 Å². The van der Waals surface area contributed by atoms with E-state index in [9.17, 15) is 19.4 Å². The van der Waals surface area contributed by atoms with Gasteiger partial charge in [0.1, 0.15) is 13.2 Å². The average Bonchev–Trinajstić information content (AvgIpc) is 3.34. The van der Waals surface area contributed by atoms with E-state index in [1.807, 2.05) is 27.2 Å². The maximum Gasteiger partial charge on any atom is 0.268 e. The number of unbranched alkanes of at least 4 members (excludes halogenated alkanes) is 41. The van der Waals surface area contributed by atoms with Crippen LogP contribution < -0.4 is 10.2 Å². The van der Waals surface area contributed by atoms with Crippen LogP contribution in [0.5, 0.6) is 0 Å². The normalized spacial score (nSPS) is 14.0. The first-order chi connectivity index (χ1) is 35.0. The lowest BCUT2D eigenvalue weighted by Gasteiger charge is -2.29. The number of allylic oxidation sites excluding steroid dienone is 5. The predicted molar refractivity (Wildman–Crippen MR) is 311 cm³/mol. The minimum absolute atomic E-state index is 0.00466. The van der Waals surface area contributed by atoms with Gasteiger partial charge in [0.2, 0.25) is 5.91 Å². The molecular weight excluding hydrogens is 912 g/mol. The Hall–Kier alpha value is -1.28. The van der Waals surface area contributed by atoms with E-state index in [-0.39, 0.29) is 19.1 Å². The first kappa shape index (κ1) is 70.7. The third-order valence-corrected chi connectivity index (χ3v) is 15.3. The molecule has 426 valence electrons. The van der Waals surface area contributed by atoms with Crippen molar-refractivity contribution in [2.45, 2.75) is 321 Å². The molecule has 3 atom stereocenters. The van der Waals surface area contributed by atoms with Crippen LogP contribution in [0, 0.1) is 0 Å². The number of quaternary nitrogens is 1. The molecule has 3 unspecified atom stereocenters. The number of aliphatic hydroxyl groups is 1. The standard InChI is InChI=1S/C63H123N2O6P/c1-6-8-10-12-14-16-18-20-22-23-24-25-26-27-28-29-30-31-32-33-34-35-36-37-38-39-40-41-43-45-47-49-51-53-55-57-63(67)64-61(60-71-72(68,69)70-59-58-65(3,4)5)62(66)56-54-52-50-48-46-44-42-21-19-17-15-13-11-9-7-2/h23-24,46,48,54,56,61-62,66H,6-22,25-45,47,49-53,55,57-60H2,1-5H3,(H-,64,67,68,69)/b24-23-,48-46+,56-54+. The summed E-state index contributed by atoms with van der Waals surface area (Å²) < 4.78 is 23.3. The molecule has 0 spiro atoms. The highest BCUT2D eigenvalue weighted by atomic mass is 31.2. The molecule has 0 saturated heterocycles. The van der Waals surface area contributed by atoms with E-state index in [0.717, 1.165) is 38.5 Å². The van der Waals surface area contributed by atoms with Crippen LogP contribution >= 0.6 is 7.82 Å². The van der Waals surface area contributed by atoms with E-state index in [2.05, 4.69) is 43.5 Å². The Morgan fingerprint density at radius 2 is 0.778 bits per heavy atom. The van der Waals surface area contributed by atoms with E-state index in [4.69, 9.17) is 9.05 Å². The van der Waals surface area contributed by atoms with Gasteiger partial charge in [-0.2, -0.15) is 0 Å². The zero-order chi connectivity index (χ0) is 52.7. The number of hydrogen-bond acceptors (Lipinski definition) is 6. The molecule has 72 heavy (non-hydrogen) atoms. The summed E-state index contributed by atoms with van der Waals surface area (Å²) in [5.74, 6) is -0.202. The molecule has 0 rings (SSSR count). The summed E-state index contributed by atoms with van der Waals surface area (Å²) >= 11 is 0. The van der Waals surface area contributed by atoms with Crippen LogP contribution in [0.4, 0.5) is 0 Å². The second-order valence-corrected chi connectivity index (χ2v) is 24.2. The van der Waals surface area contributed by atoms with Crippen molar-refractivity contribution in [2.75, 3.05) is 40.9 Å². The monoisotopic (exact) mass is 1030 g/mol. The number of carbonyl (C=O) groups excluding carboxylic acids is 1. The second-order valence-electron chi connectivity index (χ2n) is 22.8. The summed E-state index contributed by atoms with van der Waals surface area (Å²) in [4.78, 5) is 25.5. The van der Waals surface area contributed by atoms with Crippen molar-refractivity contribution in [3.8, 4) is 0 Å². The van der Waals surface area contributed by atoms with Gasteiger partial charge in [-0.15, -0.1) is 0 Å². The van der Waals surface area contributed by atoms with Gasteiger partial charge in [-0.3, -0.25) is 9.36 Å². The Bertz CT molecular complexity index is 1270. The molecule has 0 aromatic heterocycles. The van der Waals surface area contributed by atoms with Crippen LogP contribution in [0.25, 0.3) is 0 Å². The minimum Gasteiger partial charge on any atom is -0.756 e. The zero-order valence-electron chi connectivity index (χ0n) is 48.6. The molecule has 0 fully saturated rings. The van der Waals surface area contributed by atoms with Gasteiger partial charge in [-0.1, -0.05) is 281 Å². The summed E-state index contributed by atoms with van der Waals surface area (Å²) in [6.07, 6.45) is 71.2. The molecule has 9 heteroatoms. The summed E-state index contributed by atoms with van der Waals surface area (Å²) in [6, 6.07) is -0.901. The van der Waals surface area contributed by atoms with Gasteiger partial charge in [0, 0.05) is 6.42 Å². The first-order valence-corrected chi connectivity index (χ1v) is 32.8. The maximum absolute atomic E-state index is 13.0. The van der Waals surface area contributed by atoms with Gasteiger partial charge in [0.25, 0.3) is 7.82 Å². The van der Waals surface area contributed by atoms with Crippen molar-refractivity contribution >= 4 is 13.7 Å². The smallest absolute Gasteiger partial charge is 0.268 e. The van der Waals surface area contributed by atoms with Crippen molar-refractivity contribution in [3.63, 3.8) is 0 Å². The van der Waals surface area contributed by atoms with Crippen LogP contribution in [-0.2, 0) is 18.4 Å². The number of amides is 1. The fourth-order valence-corrected chi connectivity index (χ4v) is 10.1. The number of nitrogens with zero attached hydrogens (tertiary/aromatic N) is 1. The topological polar surface area (TPSA) is 108 Å². The molecular formula is C63H123N2O6P. The molecule has 0 saturated carbocycles. The molecule has 0 aromatic rings. The number of nitrogens with one attached hydrogen (secondary N) is 1. The van der Waals surface area contributed by atoms with Gasteiger partial charge in [0.05, 0.1) is 39.9 Å².